The molecule has 116 valence electrons. The molecule has 0 amide bonds. The van der Waals surface area contributed by atoms with Crippen LogP contribution < -0.4 is 0 Å². The number of H-pyrrole nitrogens is 1. The van der Waals surface area contributed by atoms with Crippen LogP contribution in [0.1, 0.15) is 26.5 Å². The molecule has 0 fully saturated rings. The van der Waals surface area contributed by atoms with E-state index < -0.39 is 10.4 Å². The first-order valence-electron chi connectivity index (χ1n) is 6.28. The number of hydrogen-bond acceptors (Lipinski definition) is 4. The number of nitrogens with zero attached hydrogens (tertiary/aromatic N) is 1. The minimum absolute atomic E-state index is 0.125. The van der Waals surface area contributed by atoms with Crippen molar-refractivity contribution in [3.8, 4) is 11.3 Å². The lowest BCUT2D eigenvalue weighted by Gasteiger charge is -2.14. The molecule has 1 aromatic carbocycles. The minimum atomic E-state index is -4.16. The van der Waals surface area contributed by atoms with Gasteiger partial charge in [-0.2, -0.15) is 13.5 Å². The quantitative estimate of drug-likeness (QED) is 0.832. The predicted molar refractivity (Wildman–Crippen MR) is 81.3 cm³/mol. The number of aromatic amines is 1. The van der Waals surface area contributed by atoms with Gasteiger partial charge in [0.1, 0.15) is 0 Å². The van der Waals surface area contributed by atoms with E-state index in [1.54, 1.807) is 0 Å². The Morgan fingerprint density at radius 1 is 1.19 bits per heavy atom. The van der Waals surface area contributed by atoms with Gasteiger partial charge in [-0.1, -0.05) is 51.1 Å². The Hall–Kier alpha value is -1.70. The molecule has 0 saturated heterocycles. The third-order valence-electron chi connectivity index (χ3n) is 2.67. The SMILES string of the molecule is CC(C)(C)c1cc(-c2ccccc2)n[nH]1.COS(=O)(=O)O. The number of hydrogen-bond donors (Lipinski definition) is 2. The smallest absolute Gasteiger partial charge is 0.281 e. The van der Waals surface area contributed by atoms with Crippen LogP contribution in [0.15, 0.2) is 36.4 Å². The average Bonchev–Trinajstić information content (AvgIpc) is 2.89. The molecule has 7 heteroatoms. The van der Waals surface area contributed by atoms with Crippen molar-refractivity contribution in [1.29, 1.82) is 0 Å². The van der Waals surface area contributed by atoms with Gasteiger partial charge in [0.15, 0.2) is 0 Å². The first-order valence-corrected chi connectivity index (χ1v) is 7.64. The van der Waals surface area contributed by atoms with Gasteiger partial charge in [-0.3, -0.25) is 13.8 Å². The monoisotopic (exact) mass is 312 g/mol. The van der Waals surface area contributed by atoms with E-state index in [0.717, 1.165) is 18.4 Å². The Morgan fingerprint density at radius 3 is 2.10 bits per heavy atom. The maximum atomic E-state index is 9.33. The molecule has 0 aliphatic carbocycles. The van der Waals surface area contributed by atoms with Crippen LogP contribution in [0.25, 0.3) is 11.3 Å². The van der Waals surface area contributed by atoms with Crippen molar-refractivity contribution in [2.24, 2.45) is 0 Å². The third-order valence-corrected chi connectivity index (χ3v) is 3.09. The molecule has 0 aliphatic heterocycles. The summed E-state index contributed by atoms with van der Waals surface area (Å²) in [5, 5.41) is 7.42. The molecule has 1 aromatic heterocycles. The highest BCUT2D eigenvalue weighted by Gasteiger charge is 2.16. The van der Waals surface area contributed by atoms with Gasteiger partial charge in [-0.25, -0.2) is 0 Å². The maximum Gasteiger partial charge on any atom is 0.397 e. The van der Waals surface area contributed by atoms with Crippen LogP contribution in [-0.2, 0) is 20.0 Å². The van der Waals surface area contributed by atoms with Gasteiger partial charge < -0.3 is 0 Å². The molecule has 0 aliphatic rings. The first kappa shape index (κ1) is 17.4. The molecule has 21 heavy (non-hydrogen) atoms. The van der Waals surface area contributed by atoms with Gasteiger partial charge in [0, 0.05) is 16.7 Å². The van der Waals surface area contributed by atoms with Crippen molar-refractivity contribution in [2.75, 3.05) is 7.11 Å². The minimum Gasteiger partial charge on any atom is -0.281 e. The first-order chi connectivity index (χ1) is 9.63. The van der Waals surface area contributed by atoms with Crippen LogP contribution in [0, 0.1) is 0 Å². The highest BCUT2D eigenvalue weighted by Crippen LogP contribution is 2.24. The Kier molecular flexibility index (Phi) is 5.65. The van der Waals surface area contributed by atoms with Crippen LogP contribution in [0.5, 0.6) is 0 Å². The molecule has 2 N–H and O–H groups in total. The van der Waals surface area contributed by atoms with E-state index >= 15 is 0 Å². The second kappa shape index (κ2) is 6.84. The van der Waals surface area contributed by atoms with Gasteiger partial charge in [0.05, 0.1) is 12.8 Å². The van der Waals surface area contributed by atoms with Gasteiger partial charge >= 0.3 is 10.4 Å². The summed E-state index contributed by atoms with van der Waals surface area (Å²) in [6, 6.07) is 12.3. The average molecular weight is 312 g/mol. The van der Waals surface area contributed by atoms with E-state index in [2.05, 4.69) is 53.4 Å². The van der Waals surface area contributed by atoms with E-state index in [1.807, 2.05) is 18.2 Å². The Balaban J connectivity index is 0.000000315. The predicted octanol–water partition coefficient (Wildman–Crippen LogP) is 2.81. The highest BCUT2D eigenvalue weighted by atomic mass is 32.3. The standard InChI is InChI=1S/C13H16N2.CH4O4S/c1-13(2,3)12-9-11(14-15-12)10-7-5-4-6-8-10;1-5-6(2,3)4/h4-9H,1-3H3,(H,14,15);1H3,(H,2,3,4). The van der Waals surface area contributed by atoms with E-state index in [1.165, 1.54) is 5.69 Å². The molecule has 0 saturated carbocycles. The molecule has 0 atom stereocenters. The van der Waals surface area contributed by atoms with E-state index in [9.17, 15) is 8.42 Å². The van der Waals surface area contributed by atoms with Crippen LogP contribution in [0.2, 0.25) is 0 Å². The normalized spacial score (nSPS) is 11.7. The fraction of sp³-hybridized carbons (Fsp3) is 0.357. The summed E-state index contributed by atoms with van der Waals surface area (Å²) in [5.74, 6) is 0. The highest BCUT2D eigenvalue weighted by molar-refractivity contribution is 7.80. The summed E-state index contributed by atoms with van der Waals surface area (Å²) in [7, 11) is -3.29. The lowest BCUT2D eigenvalue weighted by atomic mass is 9.92. The Morgan fingerprint density at radius 2 is 1.71 bits per heavy atom. The third kappa shape index (κ3) is 6.07. The molecule has 2 aromatic rings. The van der Waals surface area contributed by atoms with Gasteiger partial charge in [-0.15, -0.1) is 0 Å². The lowest BCUT2D eigenvalue weighted by Crippen LogP contribution is -2.11. The number of benzene rings is 1. The van der Waals surface area contributed by atoms with Gasteiger partial charge in [-0.05, 0) is 6.07 Å². The fourth-order valence-corrected chi connectivity index (χ4v) is 1.46. The van der Waals surface area contributed by atoms with Crippen molar-refractivity contribution in [3.05, 3.63) is 42.1 Å². The summed E-state index contributed by atoms with van der Waals surface area (Å²) < 4.78 is 29.7. The summed E-state index contributed by atoms with van der Waals surface area (Å²) in [6.07, 6.45) is 0. The summed E-state index contributed by atoms with van der Waals surface area (Å²) in [5.41, 5.74) is 3.46. The second-order valence-corrected chi connectivity index (χ2v) is 6.57. The largest absolute Gasteiger partial charge is 0.397 e. The molecule has 0 spiro atoms. The molecule has 1 heterocycles. The van der Waals surface area contributed by atoms with Crippen molar-refractivity contribution in [3.63, 3.8) is 0 Å². The molecular formula is C14H20N2O4S. The van der Waals surface area contributed by atoms with Crippen LogP contribution in [-0.4, -0.2) is 30.3 Å². The molecule has 0 bridgehead atoms. The van der Waals surface area contributed by atoms with E-state index in [0.29, 0.717) is 0 Å². The van der Waals surface area contributed by atoms with Crippen molar-refractivity contribution in [2.45, 2.75) is 26.2 Å². The van der Waals surface area contributed by atoms with Crippen molar-refractivity contribution in [1.82, 2.24) is 10.2 Å². The topological polar surface area (TPSA) is 92.3 Å². The van der Waals surface area contributed by atoms with Crippen LogP contribution in [0.4, 0.5) is 0 Å². The van der Waals surface area contributed by atoms with E-state index in [-0.39, 0.29) is 5.41 Å². The molecule has 0 radical (unpaired) electrons. The summed E-state index contributed by atoms with van der Waals surface area (Å²) >= 11 is 0. The summed E-state index contributed by atoms with van der Waals surface area (Å²) in [6.45, 7) is 6.53. The molecular weight excluding hydrogens is 292 g/mol. The molecule has 6 nitrogen and oxygen atoms in total. The zero-order valence-electron chi connectivity index (χ0n) is 12.5. The number of nitrogens with one attached hydrogen (secondary N) is 1. The zero-order valence-corrected chi connectivity index (χ0v) is 13.3. The zero-order chi connectivity index (χ0) is 16.1. The molecule has 0 unspecified atom stereocenters. The number of rotatable bonds is 2. The second-order valence-electron chi connectivity index (χ2n) is 5.38. The van der Waals surface area contributed by atoms with Crippen molar-refractivity contribution >= 4 is 10.4 Å². The fourth-order valence-electron chi connectivity index (χ4n) is 1.46. The number of aromatic nitrogens is 2. The van der Waals surface area contributed by atoms with Crippen LogP contribution in [0.3, 0.4) is 0 Å². The van der Waals surface area contributed by atoms with Crippen LogP contribution >= 0.6 is 0 Å². The maximum absolute atomic E-state index is 9.33. The Labute approximate surface area is 125 Å². The lowest BCUT2D eigenvalue weighted by molar-refractivity contribution is 0.324. The van der Waals surface area contributed by atoms with Gasteiger partial charge in [0.2, 0.25) is 0 Å². The Bertz CT molecular complexity index is 658. The summed E-state index contributed by atoms with van der Waals surface area (Å²) in [4.78, 5) is 0. The van der Waals surface area contributed by atoms with E-state index in [4.69, 9.17) is 4.55 Å². The van der Waals surface area contributed by atoms with Crippen molar-refractivity contribution < 1.29 is 17.2 Å². The van der Waals surface area contributed by atoms with Gasteiger partial charge in [0.25, 0.3) is 0 Å². The molecule has 2 rings (SSSR count).